The van der Waals surface area contributed by atoms with Gasteiger partial charge in [-0.3, -0.25) is 14.4 Å². The van der Waals surface area contributed by atoms with Crippen LogP contribution >= 0.6 is 0 Å². The number of carbonyl (C=O) groups is 4. The number of nitrogens with one attached hydrogen (secondary N) is 1. The molecular formula is C40H41F3N2O9. The number of aliphatic hydroxyl groups is 1. The maximum Gasteiger partial charge on any atom is 0.513 e. The van der Waals surface area contributed by atoms with Crippen molar-refractivity contribution in [2.45, 2.75) is 45.1 Å². The molecule has 2 atom stereocenters. The van der Waals surface area contributed by atoms with E-state index in [4.69, 9.17) is 18.9 Å². The van der Waals surface area contributed by atoms with Gasteiger partial charge >= 0.3 is 18.3 Å². The Bertz CT molecular complexity index is 1920. The van der Waals surface area contributed by atoms with Gasteiger partial charge in [0.05, 0.1) is 23.4 Å². The standard InChI is InChI=1S/C40H41F3N2O9/c1-5-23-45(4)35(47)32-24-29(54-38(50)53-25-39(36(48)51-6-2,37(49)52-7-3)27-13-9-8-10-14-27)21-22-33(32)44-34(46)31-16-12-11-15-30(31)26-17-19-28(20-18-26)40(41,42)43/h8-22,24,36,48H,5-7,23,25H2,1-4H3,(H,44,46). The van der Waals surface area contributed by atoms with Crippen LogP contribution in [0.2, 0.25) is 0 Å². The summed E-state index contributed by atoms with van der Waals surface area (Å²) in [6.45, 7) is 4.66. The van der Waals surface area contributed by atoms with Gasteiger partial charge in [-0.1, -0.05) is 67.6 Å². The number of benzene rings is 4. The quantitative estimate of drug-likeness (QED) is 0.0719. The lowest BCUT2D eigenvalue weighted by Gasteiger charge is -2.34. The SMILES string of the molecule is CCCN(C)C(=O)c1cc(OC(=O)OCC(C(=O)OCC)(c2ccccc2)C(O)OCC)ccc1NC(=O)c1ccccc1-c1ccc(C(F)(F)F)cc1. The minimum absolute atomic E-state index is 0.0202. The molecule has 0 aliphatic carbocycles. The summed E-state index contributed by atoms with van der Waals surface area (Å²) in [6.07, 6.45) is -6.98. The highest BCUT2D eigenvalue weighted by atomic mass is 19.4. The van der Waals surface area contributed by atoms with Crippen molar-refractivity contribution in [3.63, 3.8) is 0 Å². The number of halogens is 3. The zero-order valence-corrected chi connectivity index (χ0v) is 30.1. The number of esters is 1. The molecule has 0 radical (unpaired) electrons. The second-order valence-electron chi connectivity index (χ2n) is 12.0. The van der Waals surface area contributed by atoms with Crippen LogP contribution in [-0.4, -0.2) is 73.6 Å². The summed E-state index contributed by atoms with van der Waals surface area (Å²) >= 11 is 0. The molecule has 11 nitrogen and oxygen atoms in total. The highest BCUT2D eigenvalue weighted by Crippen LogP contribution is 2.34. The summed E-state index contributed by atoms with van der Waals surface area (Å²) in [7, 11) is 1.56. The molecule has 14 heteroatoms. The molecule has 0 fully saturated rings. The first-order chi connectivity index (χ1) is 25.8. The molecule has 0 heterocycles. The van der Waals surface area contributed by atoms with E-state index < -0.39 is 54.0 Å². The third-order valence-electron chi connectivity index (χ3n) is 8.36. The molecule has 4 aromatic rings. The Hall–Kier alpha value is -5.73. The van der Waals surface area contributed by atoms with Gasteiger partial charge in [0.1, 0.15) is 12.4 Å². The van der Waals surface area contributed by atoms with E-state index in [2.05, 4.69) is 5.32 Å². The van der Waals surface area contributed by atoms with Crippen molar-refractivity contribution in [3.8, 4) is 16.9 Å². The first-order valence-electron chi connectivity index (χ1n) is 17.1. The molecule has 0 aliphatic rings. The fourth-order valence-electron chi connectivity index (χ4n) is 5.65. The number of alkyl halides is 3. The molecule has 2 unspecified atom stereocenters. The van der Waals surface area contributed by atoms with E-state index in [1.165, 1.54) is 41.3 Å². The number of carbonyl (C=O) groups excluding carboxylic acids is 4. The summed E-state index contributed by atoms with van der Waals surface area (Å²) in [6, 6.07) is 22.6. The van der Waals surface area contributed by atoms with Crippen LogP contribution in [0.3, 0.4) is 0 Å². The maximum atomic E-state index is 13.7. The number of hydrogen-bond donors (Lipinski definition) is 2. The highest BCUT2D eigenvalue weighted by Gasteiger charge is 2.51. The first-order valence-corrected chi connectivity index (χ1v) is 17.1. The van der Waals surface area contributed by atoms with Gasteiger partial charge in [0.15, 0.2) is 11.7 Å². The molecule has 0 saturated heterocycles. The third kappa shape index (κ3) is 9.62. The highest BCUT2D eigenvalue weighted by molar-refractivity contribution is 6.12. The monoisotopic (exact) mass is 750 g/mol. The molecule has 54 heavy (non-hydrogen) atoms. The zero-order valence-electron chi connectivity index (χ0n) is 30.1. The molecule has 4 rings (SSSR count). The summed E-state index contributed by atoms with van der Waals surface area (Å²) < 4.78 is 61.0. The lowest BCUT2D eigenvalue weighted by Crippen LogP contribution is -2.53. The van der Waals surface area contributed by atoms with Crippen LogP contribution in [0.25, 0.3) is 11.1 Å². The Morgan fingerprint density at radius 3 is 2.09 bits per heavy atom. The van der Waals surface area contributed by atoms with Crippen molar-refractivity contribution >= 4 is 29.6 Å². The van der Waals surface area contributed by atoms with E-state index in [1.807, 2.05) is 6.92 Å². The van der Waals surface area contributed by atoms with Gasteiger partial charge in [-0.2, -0.15) is 13.2 Å². The summed E-state index contributed by atoms with van der Waals surface area (Å²) in [5, 5.41) is 13.8. The Morgan fingerprint density at radius 1 is 0.796 bits per heavy atom. The van der Waals surface area contributed by atoms with Crippen LogP contribution in [0.5, 0.6) is 5.75 Å². The minimum Gasteiger partial charge on any atom is -0.465 e. The van der Waals surface area contributed by atoms with E-state index in [9.17, 15) is 37.5 Å². The molecule has 2 N–H and O–H groups in total. The van der Waals surface area contributed by atoms with Gasteiger partial charge in [0.2, 0.25) is 0 Å². The van der Waals surface area contributed by atoms with Gasteiger partial charge in [0.25, 0.3) is 11.8 Å². The van der Waals surface area contributed by atoms with E-state index >= 15 is 0 Å². The van der Waals surface area contributed by atoms with Crippen molar-refractivity contribution in [3.05, 3.63) is 119 Å². The van der Waals surface area contributed by atoms with Crippen LogP contribution in [0.1, 0.15) is 59.0 Å². The average Bonchev–Trinajstić information content (AvgIpc) is 3.16. The van der Waals surface area contributed by atoms with Crippen LogP contribution < -0.4 is 10.1 Å². The summed E-state index contributed by atoms with van der Waals surface area (Å²) in [5.41, 5.74) is -1.72. The molecular weight excluding hydrogens is 709 g/mol. The zero-order chi connectivity index (χ0) is 39.5. The van der Waals surface area contributed by atoms with E-state index in [0.717, 1.165) is 12.1 Å². The minimum atomic E-state index is -4.53. The fourth-order valence-corrected chi connectivity index (χ4v) is 5.65. The van der Waals surface area contributed by atoms with Crippen LogP contribution in [-0.2, 0) is 30.6 Å². The van der Waals surface area contributed by atoms with Gasteiger partial charge in [-0.05, 0) is 73.4 Å². The van der Waals surface area contributed by atoms with Crippen LogP contribution in [0.4, 0.5) is 23.7 Å². The summed E-state index contributed by atoms with van der Waals surface area (Å²) in [4.78, 5) is 55.2. The number of hydrogen-bond acceptors (Lipinski definition) is 9. The van der Waals surface area contributed by atoms with Crippen molar-refractivity contribution < 1.29 is 56.4 Å². The number of nitrogens with zero attached hydrogens (tertiary/aromatic N) is 1. The van der Waals surface area contributed by atoms with Crippen molar-refractivity contribution in [1.29, 1.82) is 0 Å². The molecule has 4 aromatic carbocycles. The summed E-state index contributed by atoms with van der Waals surface area (Å²) in [5.74, 6) is -2.23. The van der Waals surface area contributed by atoms with E-state index in [1.54, 1.807) is 69.4 Å². The number of aliphatic hydroxyl groups excluding tert-OH is 1. The van der Waals surface area contributed by atoms with Crippen molar-refractivity contribution in [2.75, 3.05) is 38.7 Å². The van der Waals surface area contributed by atoms with Gasteiger partial charge < -0.3 is 34.3 Å². The van der Waals surface area contributed by atoms with Gasteiger partial charge in [0, 0.05) is 25.8 Å². The molecule has 286 valence electrons. The van der Waals surface area contributed by atoms with Crippen LogP contribution in [0, 0.1) is 0 Å². The Labute approximate surface area is 310 Å². The topological polar surface area (TPSA) is 141 Å². The number of ether oxygens (including phenoxy) is 4. The predicted molar refractivity (Wildman–Crippen MR) is 193 cm³/mol. The third-order valence-corrected chi connectivity index (χ3v) is 8.36. The molecule has 0 aliphatic heterocycles. The molecule has 0 saturated carbocycles. The molecule has 0 spiro atoms. The van der Waals surface area contributed by atoms with E-state index in [-0.39, 0.29) is 41.3 Å². The lowest BCUT2D eigenvalue weighted by molar-refractivity contribution is -0.188. The fraction of sp³-hybridized carbons (Fsp3) is 0.300. The second-order valence-corrected chi connectivity index (χ2v) is 12.0. The number of rotatable bonds is 15. The molecule has 0 aromatic heterocycles. The van der Waals surface area contributed by atoms with Gasteiger partial charge in [-0.25, -0.2) is 4.79 Å². The van der Waals surface area contributed by atoms with Crippen molar-refractivity contribution in [2.24, 2.45) is 0 Å². The second kappa shape index (κ2) is 18.3. The van der Waals surface area contributed by atoms with Crippen molar-refractivity contribution in [1.82, 2.24) is 4.90 Å². The predicted octanol–water partition coefficient (Wildman–Crippen LogP) is 7.48. The Morgan fingerprint density at radius 2 is 1.46 bits per heavy atom. The van der Waals surface area contributed by atoms with Crippen LogP contribution in [0.15, 0.2) is 97.1 Å². The molecule has 2 amide bonds. The average molecular weight is 751 g/mol. The van der Waals surface area contributed by atoms with Gasteiger partial charge in [-0.15, -0.1) is 0 Å². The lowest BCUT2D eigenvalue weighted by atomic mass is 9.80. The first kappa shape index (κ1) is 41.0. The number of amides is 2. The van der Waals surface area contributed by atoms with E-state index in [0.29, 0.717) is 24.1 Å². The largest absolute Gasteiger partial charge is 0.513 e. The number of anilines is 1. The normalized spacial score (nSPS) is 12.9. The smallest absolute Gasteiger partial charge is 0.465 e. The Kier molecular flexibility index (Phi) is 13.9. The molecule has 0 bridgehead atoms. The Balaban J connectivity index is 1.63. The maximum absolute atomic E-state index is 13.7.